The summed E-state index contributed by atoms with van der Waals surface area (Å²) in [6.07, 6.45) is 1.27. The molecular formula is C18H30BrNOSi. The van der Waals surface area contributed by atoms with Gasteiger partial charge in [-0.05, 0) is 54.7 Å². The van der Waals surface area contributed by atoms with E-state index in [9.17, 15) is 0 Å². The summed E-state index contributed by atoms with van der Waals surface area (Å²) in [6, 6.07) is 8.81. The van der Waals surface area contributed by atoms with E-state index in [0.717, 1.165) is 17.6 Å². The molecule has 2 rings (SSSR count). The molecule has 0 radical (unpaired) electrons. The highest BCUT2D eigenvalue weighted by Gasteiger charge is 2.37. The monoisotopic (exact) mass is 383 g/mol. The van der Waals surface area contributed by atoms with Crippen LogP contribution in [0.2, 0.25) is 18.1 Å². The Hall–Kier alpha value is -0.163. The zero-order valence-electron chi connectivity index (χ0n) is 14.7. The van der Waals surface area contributed by atoms with Gasteiger partial charge in [0.25, 0.3) is 0 Å². The Labute approximate surface area is 145 Å². The van der Waals surface area contributed by atoms with Gasteiger partial charge in [0.05, 0.1) is 0 Å². The molecule has 1 unspecified atom stereocenters. The van der Waals surface area contributed by atoms with Crippen molar-refractivity contribution < 1.29 is 4.43 Å². The van der Waals surface area contributed by atoms with Crippen LogP contribution in [0.5, 0.6) is 0 Å². The van der Waals surface area contributed by atoms with Crippen LogP contribution in [-0.2, 0) is 4.43 Å². The van der Waals surface area contributed by atoms with Gasteiger partial charge < -0.3 is 9.33 Å². The molecule has 0 amide bonds. The lowest BCUT2D eigenvalue weighted by Crippen LogP contribution is -2.42. The molecule has 0 spiro atoms. The van der Waals surface area contributed by atoms with Crippen LogP contribution in [0.25, 0.3) is 0 Å². The second kappa shape index (κ2) is 7.16. The largest absolute Gasteiger partial charge is 0.416 e. The van der Waals surface area contributed by atoms with Gasteiger partial charge in [0.2, 0.25) is 0 Å². The summed E-state index contributed by atoms with van der Waals surface area (Å²) in [7, 11) is -1.60. The van der Waals surface area contributed by atoms with Crippen molar-refractivity contribution in [3.63, 3.8) is 0 Å². The average Bonchev–Trinajstić information content (AvgIpc) is 2.87. The van der Waals surface area contributed by atoms with Gasteiger partial charge >= 0.3 is 0 Å². The Bertz CT molecular complexity index is 481. The molecular weight excluding hydrogens is 354 g/mol. The van der Waals surface area contributed by atoms with Gasteiger partial charge in [-0.25, -0.2) is 0 Å². The average molecular weight is 384 g/mol. The summed E-state index contributed by atoms with van der Waals surface area (Å²) < 4.78 is 7.46. The van der Waals surface area contributed by atoms with E-state index in [1.807, 2.05) is 0 Å². The molecule has 2 nitrogen and oxygen atoms in total. The van der Waals surface area contributed by atoms with E-state index < -0.39 is 8.32 Å². The molecule has 0 aromatic heterocycles. The minimum absolute atomic E-state index is 0.304. The summed E-state index contributed by atoms with van der Waals surface area (Å²) in [5, 5.41) is 0.304. The normalized spacial score (nSPS) is 20.5. The molecule has 0 aliphatic carbocycles. The molecule has 1 heterocycles. The standard InChI is InChI=1S/C18H30BrNOSi/c1-18(2,3)22(4,5)21-13-12-20-11-10-16(14-20)15-6-8-17(19)9-7-15/h6-9,16H,10-14H2,1-5H3. The molecule has 4 heteroatoms. The minimum Gasteiger partial charge on any atom is -0.416 e. The van der Waals surface area contributed by atoms with E-state index in [0.29, 0.717) is 11.0 Å². The predicted octanol–water partition coefficient (Wildman–Crippen LogP) is 5.26. The van der Waals surface area contributed by atoms with E-state index >= 15 is 0 Å². The van der Waals surface area contributed by atoms with Crippen LogP contribution in [0.15, 0.2) is 28.7 Å². The summed E-state index contributed by atoms with van der Waals surface area (Å²) in [5.41, 5.74) is 1.47. The van der Waals surface area contributed by atoms with Crippen LogP contribution < -0.4 is 0 Å². The van der Waals surface area contributed by atoms with Crippen LogP contribution in [0.4, 0.5) is 0 Å². The van der Waals surface area contributed by atoms with E-state index in [4.69, 9.17) is 4.43 Å². The Balaban J connectivity index is 1.78. The van der Waals surface area contributed by atoms with E-state index in [1.54, 1.807) is 0 Å². The Morgan fingerprint density at radius 2 is 1.86 bits per heavy atom. The minimum atomic E-state index is -1.60. The predicted molar refractivity (Wildman–Crippen MR) is 101 cm³/mol. The topological polar surface area (TPSA) is 12.5 Å². The maximum Gasteiger partial charge on any atom is 0.192 e. The number of halogens is 1. The van der Waals surface area contributed by atoms with Gasteiger partial charge in [-0.3, -0.25) is 0 Å². The van der Waals surface area contributed by atoms with E-state index in [-0.39, 0.29) is 0 Å². The fourth-order valence-electron chi connectivity index (χ4n) is 2.69. The highest BCUT2D eigenvalue weighted by molar-refractivity contribution is 9.10. The van der Waals surface area contributed by atoms with Crippen LogP contribution in [0.3, 0.4) is 0 Å². The van der Waals surface area contributed by atoms with E-state index in [1.165, 1.54) is 25.1 Å². The molecule has 1 aliphatic rings. The van der Waals surface area contributed by atoms with Crippen LogP contribution in [0, 0.1) is 0 Å². The molecule has 124 valence electrons. The molecule has 1 aromatic carbocycles. The van der Waals surface area contributed by atoms with Crippen molar-refractivity contribution in [1.82, 2.24) is 4.90 Å². The van der Waals surface area contributed by atoms with Crippen LogP contribution in [-0.4, -0.2) is 39.5 Å². The zero-order chi connectivity index (χ0) is 16.4. The Morgan fingerprint density at radius 1 is 1.23 bits per heavy atom. The van der Waals surface area contributed by atoms with Gasteiger partial charge in [0, 0.05) is 24.2 Å². The maximum atomic E-state index is 6.30. The summed E-state index contributed by atoms with van der Waals surface area (Å²) in [6.45, 7) is 15.9. The Kier molecular flexibility index (Phi) is 5.92. The highest BCUT2D eigenvalue weighted by Crippen LogP contribution is 2.36. The molecule has 1 aromatic rings. The quantitative estimate of drug-likeness (QED) is 0.642. The molecule has 0 bridgehead atoms. The first-order valence-electron chi connectivity index (χ1n) is 8.31. The van der Waals surface area contributed by atoms with Crippen molar-refractivity contribution in [2.75, 3.05) is 26.2 Å². The fourth-order valence-corrected chi connectivity index (χ4v) is 3.99. The second-order valence-corrected chi connectivity index (χ2v) is 13.7. The van der Waals surface area contributed by atoms with Crippen molar-refractivity contribution >= 4 is 24.2 Å². The third kappa shape index (κ3) is 4.67. The first-order chi connectivity index (χ1) is 10.2. The van der Waals surface area contributed by atoms with E-state index in [2.05, 4.69) is 79.0 Å². The maximum absolute atomic E-state index is 6.30. The highest BCUT2D eigenvalue weighted by atomic mass is 79.9. The molecule has 22 heavy (non-hydrogen) atoms. The third-order valence-electron chi connectivity index (χ3n) is 5.29. The number of likely N-dealkylation sites (tertiary alicyclic amines) is 1. The van der Waals surface area contributed by atoms with Gasteiger partial charge in [-0.1, -0.05) is 48.8 Å². The lowest BCUT2D eigenvalue weighted by atomic mass is 9.99. The van der Waals surface area contributed by atoms with Crippen molar-refractivity contribution in [2.24, 2.45) is 0 Å². The van der Waals surface area contributed by atoms with Gasteiger partial charge in [0.15, 0.2) is 8.32 Å². The number of hydrogen-bond donors (Lipinski definition) is 0. The summed E-state index contributed by atoms with van der Waals surface area (Å²) in [4.78, 5) is 2.56. The Morgan fingerprint density at radius 3 is 2.45 bits per heavy atom. The number of rotatable bonds is 5. The lowest BCUT2D eigenvalue weighted by Gasteiger charge is -2.36. The molecule has 0 saturated carbocycles. The number of hydrogen-bond acceptors (Lipinski definition) is 2. The zero-order valence-corrected chi connectivity index (χ0v) is 17.2. The van der Waals surface area contributed by atoms with Gasteiger partial charge in [0.1, 0.15) is 0 Å². The van der Waals surface area contributed by atoms with Crippen molar-refractivity contribution in [3.05, 3.63) is 34.3 Å². The van der Waals surface area contributed by atoms with Crippen LogP contribution >= 0.6 is 15.9 Å². The third-order valence-corrected chi connectivity index (χ3v) is 10.4. The smallest absolute Gasteiger partial charge is 0.192 e. The first kappa shape index (κ1) is 18.2. The molecule has 1 atom stereocenters. The van der Waals surface area contributed by atoms with Crippen molar-refractivity contribution in [3.8, 4) is 0 Å². The second-order valence-electron chi connectivity index (χ2n) is 7.95. The van der Waals surface area contributed by atoms with Gasteiger partial charge in [-0.15, -0.1) is 0 Å². The number of nitrogens with zero attached hydrogens (tertiary/aromatic N) is 1. The molecule has 1 aliphatic heterocycles. The van der Waals surface area contributed by atoms with Gasteiger partial charge in [-0.2, -0.15) is 0 Å². The van der Waals surface area contributed by atoms with Crippen molar-refractivity contribution in [1.29, 1.82) is 0 Å². The summed E-state index contributed by atoms with van der Waals surface area (Å²) in [5.74, 6) is 0.681. The van der Waals surface area contributed by atoms with Crippen molar-refractivity contribution in [2.45, 2.75) is 51.2 Å². The number of benzene rings is 1. The lowest BCUT2D eigenvalue weighted by molar-refractivity contribution is 0.221. The first-order valence-corrected chi connectivity index (χ1v) is 12.0. The molecule has 1 saturated heterocycles. The fraction of sp³-hybridized carbons (Fsp3) is 0.667. The molecule has 0 N–H and O–H groups in total. The SMILES string of the molecule is CC(C)(C)[Si](C)(C)OCCN1CCC(c2ccc(Br)cc2)C1. The molecule has 1 fully saturated rings. The summed E-state index contributed by atoms with van der Waals surface area (Å²) >= 11 is 3.51. The van der Waals surface area contributed by atoms with Crippen LogP contribution in [0.1, 0.15) is 38.7 Å².